The van der Waals surface area contributed by atoms with Crippen molar-refractivity contribution in [3.63, 3.8) is 0 Å². The van der Waals surface area contributed by atoms with Gasteiger partial charge in [0.15, 0.2) is 11.7 Å². The molecule has 0 bridgehead atoms. The number of carbonyl (C=O) groups excluding carboxylic acids is 2. The highest BCUT2D eigenvalue weighted by Crippen LogP contribution is 2.33. The Kier molecular flexibility index (Phi) is 6.26. The zero-order chi connectivity index (χ0) is 21.7. The molecular weight excluding hydrogens is 378 g/mol. The van der Waals surface area contributed by atoms with E-state index in [1.165, 1.54) is 11.1 Å². The highest BCUT2D eigenvalue weighted by Gasteiger charge is 2.36. The number of hydrogen-bond acceptors (Lipinski definition) is 6. The number of aliphatic imine (C=N–C) groups is 1. The Balaban J connectivity index is 1.74. The molecule has 0 aliphatic carbocycles. The highest BCUT2D eigenvalue weighted by molar-refractivity contribution is 5.99. The van der Waals surface area contributed by atoms with E-state index in [4.69, 9.17) is 5.73 Å². The number of ketones is 1. The van der Waals surface area contributed by atoms with Gasteiger partial charge in [-0.05, 0) is 25.0 Å². The molecule has 30 heavy (non-hydrogen) atoms. The highest BCUT2D eigenvalue weighted by atomic mass is 16.2. The van der Waals surface area contributed by atoms with Gasteiger partial charge in [0.05, 0.1) is 23.9 Å². The summed E-state index contributed by atoms with van der Waals surface area (Å²) < 4.78 is 0. The van der Waals surface area contributed by atoms with E-state index in [1.54, 1.807) is 20.2 Å². The van der Waals surface area contributed by atoms with Crippen LogP contribution in [0.5, 0.6) is 0 Å². The van der Waals surface area contributed by atoms with E-state index in [2.05, 4.69) is 26.8 Å². The van der Waals surface area contributed by atoms with Crippen molar-refractivity contribution in [2.24, 2.45) is 10.7 Å². The number of rotatable bonds is 6. The molecular formula is C23H25N5O2. The number of aryl methyl sites for hydroxylation is 1. The maximum absolute atomic E-state index is 12.7. The van der Waals surface area contributed by atoms with Crippen LogP contribution < -0.4 is 5.73 Å². The summed E-state index contributed by atoms with van der Waals surface area (Å²) in [5, 5.41) is 0. The van der Waals surface area contributed by atoms with Crippen molar-refractivity contribution >= 4 is 17.6 Å². The van der Waals surface area contributed by atoms with Gasteiger partial charge in [0.2, 0.25) is 5.91 Å². The Hall–Kier alpha value is -3.53. The number of nitrogens with zero attached hydrogens (tertiary/aromatic N) is 4. The molecule has 0 radical (unpaired) electrons. The first-order valence-electron chi connectivity index (χ1n) is 9.77. The van der Waals surface area contributed by atoms with E-state index in [9.17, 15) is 9.59 Å². The zero-order valence-electron chi connectivity index (χ0n) is 17.5. The van der Waals surface area contributed by atoms with Crippen molar-refractivity contribution in [2.45, 2.75) is 45.1 Å². The molecule has 0 saturated heterocycles. The molecule has 1 unspecified atom stereocenters. The molecule has 1 atom stereocenters. The van der Waals surface area contributed by atoms with Crippen molar-refractivity contribution in [3.8, 4) is 11.8 Å². The second kappa shape index (κ2) is 8.87. The molecule has 1 amide bonds. The first-order valence-corrected chi connectivity index (χ1v) is 9.77. The molecule has 7 heteroatoms. The summed E-state index contributed by atoms with van der Waals surface area (Å²) in [6, 6.07) is 7.54. The van der Waals surface area contributed by atoms with Gasteiger partial charge in [-0.15, -0.1) is 11.8 Å². The summed E-state index contributed by atoms with van der Waals surface area (Å²) in [4.78, 5) is 39.4. The number of guanidine groups is 1. The molecule has 2 heterocycles. The van der Waals surface area contributed by atoms with Crippen LogP contribution in [0, 0.1) is 11.8 Å². The summed E-state index contributed by atoms with van der Waals surface area (Å²) in [7, 11) is 1.61. The van der Waals surface area contributed by atoms with Crippen LogP contribution in [-0.4, -0.2) is 39.6 Å². The van der Waals surface area contributed by atoms with Gasteiger partial charge in [-0.2, -0.15) is 0 Å². The summed E-state index contributed by atoms with van der Waals surface area (Å²) in [6.07, 6.45) is 4.98. The number of nitrogens with two attached hydrogens (primary N) is 1. The van der Waals surface area contributed by atoms with Gasteiger partial charge in [0.1, 0.15) is 5.69 Å². The van der Waals surface area contributed by atoms with Gasteiger partial charge in [-0.1, -0.05) is 24.3 Å². The lowest BCUT2D eigenvalue weighted by Crippen LogP contribution is -2.47. The fourth-order valence-electron chi connectivity index (χ4n) is 3.31. The molecule has 1 aliphatic heterocycles. The van der Waals surface area contributed by atoms with E-state index >= 15 is 0 Å². The molecule has 3 rings (SSSR count). The number of Topliss-reactive ketones (excluding diaryl/α,β-unsaturated/α-hetero) is 1. The molecule has 1 aromatic heterocycles. The number of aromatic nitrogens is 2. The third-order valence-electron chi connectivity index (χ3n) is 5.16. The van der Waals surface area contributed by atoms with Gasteiger partial charge in [-0.3, -0.25) is 19.5 Å². The monoisotopic (exact) mass is 403 g/mol. The average molecular weight is 403 g/mol. The Morgan fingerprint density at radius 1 is 1.30 bits per heavy atom. The number of carbonyl (C=O) groups is 2. The quantitative estimate of drug-likeness (QED) is 0.589. The third-order valence-corrected chi connectivity index (χ3v) is 5.16. The van der Waals surface area contributed by atoms with Crippen LogP contribution in [0.4, 0.5) is 0 Å². The number of benzene rings is 1. The second-order valence-electron chi connectivity index (χ2n) is 7.49. The van der Waals surface area contributed by atoms with E-state index in [0.29, 0.717) is 12.1 Å². The smallest absolute Gasteiger partial charge is 0.231 e. The van der Waals surface area contributed by atoms with Crippen LogP contribution in [0.2, 0.25) is 0 Å². The predicted molar refractivity (Wildman–Crippen MR) is 115 cm³/mol. The Bertz CT molecular complexity index is 1050. The van der Waals surface area contributed by atoms with Crippen LogP contribution in [0.3, 0.4) is 0 Å². The number of hydrogen-bond donors (Lipinski definition) is 1. The van der Waals surface area contributed by atoms with Crippen LogP contribution in [0.1, 0.15) is 54.0 Å². The Morgan fingerprint density at radius 3 is 2.77 bits per heavy atom. The maximum atomic E-state index is 12.7. The van der Waals surface area contributed by atoms with Crippen LogP contribution in [0.15, 0.2) is 41.7 Å². The van der Waals surface area contributed by atoms with Crippen molar-refractivity contribution < 1.29 is 9.59 Å². The lowest BCUT2D eigenvalue weighted by molar-refractivity contribution is -0.128. The molecule has 7 nitrogen and oxygen atoms in total. The fourth-order valence-corrected chi connectivity index (χ4v) is 3.31. The van der Waals surface area contributed by atoms with E-state index in [1.807, 2.05) is 31.2 Å². The van der Waals surface area contributed by atoms with Gasteiger partial charge in [-0.25, -0.2) is 9.98 Å². The predicted octanol–water partition coefficient (Wildman–Crippen LogP) is 2.25. The fraction of sp³-hybridized carbons (Fsp3) is 0.348. The van der Waals surface area contributed by atoms with E-state index < -0.39 is 5.54 Å². The second-order valence-corrected chi connectivity index (χ2v) is 7.49. The Morgan fingerprint density at radius 2 is 2.10 bits per heavy atom. The summed E-state index contributed by atoms with van der Waals surface area (Å²) in [6.45, 7) is 3.67. The molecule has 1 aliphatic rings. The first kappa shape index (κ1) is 21.2. The lowest BCUT2D eigenvalue weighted by atomic mass is 9.86. The molecule has 2 aromatic rings. The molecule has 0 saturated carbocycles. The summed E-state index contributed by atoms with van der Waals surface area (Å²) in [5.41, 5.74) is 7.96. The van der Waals surface area contributed by atoms with Crippen LogP contribution in [0.25, 0.3) is 0 Å². The molecule has 2 N–H and O–H groups in total. The third kappa shape index (κ3) is 4.71. The van der Waals surface area contributed by atoms with Crippen LogP contribution >= 0.6 is 0 Å². The van der Waals surface area contributed by atoms with Gasteiger partial charge in [0.25, 0.3) is 0 Å². The molecule has 1 aromatic carbocycles. The van der Waals surface area contributed by atoms with Crippen molar-refractivity contribution in [3.05, 3.63) is 59.2 Å². The normalized spacial score (nSPS) is 18.4. The maximum Gasteiger partial charge on any atom is 0.231 e. The lowest BCUT2D eigenvalue weighted by Gasteiger charge is -2.33. The zero-order valence-corrected chi connectivity index (χ0v) is 17.5. The first-order chi connectivity index (χ1) is 14.3. The standard InChI is InChI=1S/C23H25N5O2/c1-4-5-6-10-18-14-26-19(15-25-18)20(29)12-16-8-7-9-17(11-16)23(2)13-21(30)28(3)22(24)27-23/h7-9,11,14-15H,6,10,12-13H2,1-3H3,(H2,24,27). The Labute approximate surface area is 176 Å². The topological polar surface area (TPSA) is 102 Å². The van der Waals surface area contributed by atoms with E-state index in [-0.39, 0.29) is 30.5 Å². The van der Waals surface area contributed by atoms with Crippen LogP contribution in [-0.2, 0) is 23.2 Å². The van der Waals surface area contributed by atoms with Gasteiger partial charge >= 0.3 is 0 Å². The minimum Gasteiger partial charge on any atom is -0.369 e. The SMILES string of the molecule is CC#CCCc1cnc(C(=O)Cc2cccc(C3(C)CC(=O)N(C)C(N)=N3)c2)cn1. The van der Waals surface area contributed by atoms with Gasteiger partial charge < -0.3 is 5.73 Å². The number of amides is 1. The van der Waals surface area contributed by atoms with Crippen molar-refractivity contribution in [1.82, 2.24) is 14.9 Å². The average Bonchev–Trinajstić information content (AvgIpc) is 2.73. The van der Waals surface area contributed by atoms with Crippen molar-refractivity contribution in [1.29, 1.82) is 0 Å². The minimum atomic E-state index is -0.754. The minimum absolute atomic E-state index is 0.0910. The van der Waals surface area contributed by atoms with Crippen molar-refractivity contribution in [2.75, 3.05) is 7.05 Å². The summed E-state index contributed by atoms with van der Waals surface area (Å²) in [5.74, 6) is 5.81. The summed E-state index contributed by atoms with van der Waals surface area (Å²) >= 11 is 0. The van der Waals surface area contributed by atoms with E-state index in [0.717, 1.165) is 23.2 Å². The molecule has 0 fully saturated rings. The van der Waals surface area contributed by atoms with Gasteiger partial charge in [0, 0.05) is 32.5 Å². The molecule has 0 spiro atoms. The molecule has 154 valence electrons. The largest absolute Gasteiger partial charge is 0.369 e.